The van der Waals surface area contributed by atoms with Crippen molar-refractivity contribution in [2.75, 3.05) is 7.11 Å². The molecule has 5 aromatic heterocycles. The zero-order valence-corrected chi connectivity index (χ0v) is 21.8. The Kier molecular flexibility index (Phi) is 6.05. The van der Waals surface area contributed by atoms with Gasteiger partial charge in [0.2, 0.25) is 0 Å². The van der Waals surface area contributed by atoms with Crippen LogP contribution in [-0.4, -0.2) is 42.2 Å². The van der Waals surface area contributed by atoms with E-state index in [0.29, 0.717) is 52.0 Å². The highest BCUT2D eigenvalue weighted by Gasteiger charge is 2.17. The van der Waals surface area contributed by atoms with Gasteiger partial charge < -0.3 is 14.5 Å². The average molecular weight is 544 g/mol. The highest BCUT2D eigenvalue weighted by atomic mass is 19.1. The first-order valence-electron chi connectivity index (χ1n) is 12.8. The van der Waals surface area contributed by atoms with Crippen LogP contribution in [0, 0.1) is 5.82 Å². The number of methoxy groups -OCH3 is 1. The number of halogens is 1. The average Bonchev–Trinajstić information content (AvgIpc) is 3.64. The number of aromatic nitrogens is 7. The second-order valence-corrected chi connectivity index (χ2v) is 9.40. The van der Waals surface area contributed by atoms with Crippen LogP contribution in [0.2, 0.25) is 0 Å². The number of imidazole rings is 1. The lowest BCUT2D eigenvalue weighted by Crippen LogP contribution is -1.96. The lowest BCUT2D eigenvalue weighted by molar-refractivity contribution is 0.305. The first-order valence-corrected chi connectivity index (χ1v) is 12.8. The molecule has 0 saturated heterocycles. The third kappa shape index (κ3) is 4.71. The Morgan fingerprint density at radius 1 is 0.854 bits per heavy atom. The van der Waals surface area contributed by atoms with Crippen molar-refractivity contribution < 1.29 is 13.9 Å². The molecule has 0 bridgehead atoms. The van der Waals surface area contributed by atoms with E-state index in [0.717, 1.165) is 27.6 Å². The van der Waals surface area contributed by atoms with E-state index < -0.39 is 5.82 Å². The summed E-state index contributed by atoms with van der Waals surface area (Å²) < 4.78 is 25.5. The number of hydrogen-bond donors (Lipinski definition) is 2. The van der Waals surface area contributed by atoms with E-state index in [1.807, 2.05) is 48.5 Å². The molecule has 0 aliphatic carbocycles. The van der Waals surface area contributed by atoms with E-state index in [-0.39, 0.29) is 0 Å². The van der Waals surface area contributed by atoms with Crippen molar-refractivity contribution in [2.24, 2.45) is 0 Å². The summed E-state index contributed by atoms with van der Waals surface area (Å²) >= 11 is 0. The van der Waals surface area contributed by atoms with Crippen LogP contribution in [-0.2, 0) is 6.61 Å². The number of H-pyrrole nitrogens is 2. The summed E-state index contributed by atoms with van der Waals surface area (Å²) in [5, 5.41) is 8.21. The summed E-state index contributed by atoms with van der Waals surface area (Å²) in [6.07, 6.45) is 6.87. The Bertz CT molecular complexity index is 2020. The van der Waals surface area contributed by atoms with Crippen LogP contribution >= 0.6 is 0 Å². The van der Waals surface area contributed by atoms with Crippen LogP contribution in [0.4, 0.5) is 4.39 Å². The van der Waals surface area contributed by atoms with Gasteiger partial charge in [-0.3, -0.25) is 15.1 Å². The van der Waals surface area contributed by atoms with Crippen LogP contribution in [0.25, 0.3) is 56.0 Å². The highest BCUT2D eigenvalue weighted by molar-refractivity contribution is 5.96. The molecular formula is C31H22FN7O2. The van der Waals surface area contributed by atoms with Gasteiger partial charge in [-0.2, -0.15) is 5.10 Å². The number of hydrogen-bond acceptors (Lipinski definition) is 7. The normalized spacial score (nSPS) is 11.3. The fourth-order valence-electron chi connectivity index (χ4n) is 4.72. The molecule has 0 unspecified atom stereocenters. The summed E-state index contributed by atoms with van der Waals surface area (Å²) in [4.78, 5) is 21.6. The van der Waals surface area contributed by atoms with Crippen LogP contribution in [0.3, 0.4) is 0 Å². The second kappa shape index (κ2) is 10.2. The summed E-state index contributed by atoms with van der Waals surface area (Å²) in [7, 11) is 1.49. The maximum absolute atomic E-state index is 14.3. The molecule has 0 atom stereocenters. The van der Waals surface area contributed by atoms with Crippen molar-refractivity contribution in [2.45, 2.75) is 6.61 Å². The summed E-state index contributed by atoms with van der Waals surface area (Å²) in [5.74, 6) is 1.19. The van der Waals surface area contributed by atoms with Gasteiger partial charge in [-0.1, -0.05) is 30.3 Å². The summed E-state index contributed by atoms with van der Waals surface area (Å²) in [5.41, 5.74) is 6.41. The minimum Gasteiger partial charge on any atom is -0.497 e. The van der Waals surface area contributed by atoms with Crippen molar-refractivity contribution in [3.63, 3.8) is 0 Å². The Morgan fingerprint density at radius 2 is 1.71 bits per heavy atom. The number of nitrogens with zero attached hydrogens (tertiary/aromatic N) is 5. The van der Waals surface area contributed by atoms with Gasteiger partial charge in [0.25, 0.3) is 0 Å². The molecule has 41 heavy (non-hydrogen) atoms. The number of ether oxygens (including phenoxy) is 2. The molecule has 7 aromatic rings. The predicted octanol–water partition coefficient (Wildman–Crippen LogP) is 6.35. The van der Waals surface area contributed by atoms with Gasteiger partial charge >= 0.3 is 0 Å². The lowest BCUT2D eigenvalue weighted by Gasteiger charge is -2.08. The van der Waals surface area contributed by atoms with Crippen molar-refractivity contribution in [3.8, 4) is 45.4 Å². The molecule has 2 aromatic carbocycles. The van der Waals surface area contributed by atoms with Gasteiger partial charge in [-0.15, -0.1) is 0 Å². The topological polar surface area (TPSA) is 114 Å². The zero-order chi connectivity index (χ0) is 27.8. The maximum Gasteiger partial charge on any atom is 0.181 e. The summed E-state index contributed by atoms with van der Waals surface area (Å²) in [6, 6.07) is 20.2. The van der Waals surface area contributed by atoms with E-state index in [1.54, 1.807) is 30.9 Å². The number of fused-ring (bicyclic) bond motifs is 2. The fraction of sp³-hybridized carbons (Fsp3) is 0.0645. The Labute approximate surface area is 233 Å². The first kappa shape index (κ1) is 24.4. The Balaban J connectivity index is 1.24. The van der Waals surface area contributed by atoms with Crippen LogP contribution in [0.5, 0.6) is 11.5 Å². The van der Waals surface area contributed by atoms with Crippen molar-refractivity contribution in [1.82, 2.24) is 35.1 Å². The van der Waals surface area contributed by atoms with Gasteiger partial charge in [-0.05, 0) is 35.9 Å². The largest absolute Gasteiger partial charge is 0.497 e. The van der Waals surface area contributed by atoms with Gasteiger partial charge in [0.05, 0.1) is 29.9 Å². The zero-order valence-electron chi connectivity index (χ0n) is 21.8. The molecule has 0 fully saturated rings. The van der Waals surface area contributed by atoms with Crippen LogP contribution < -0.4 is 9.47 Å². The number of nitrogens with one attached hydrogen (secondary N) is 2. The number of aromatic amines is 2. The lowest BCUT2D eigenvalue weighted by atomic mass is 10.1. The Morgan fingerprint density at radius 3 is 2.59 bits per heavy atom. The molecule has 10 heteroatoms. The van der Waals surface area contributed by atoms with E-state index in [4.69, 9.17) is 14.5 Å². The molecule has 7 rings (SSSR count). The van der Waals surface area contributed by atoms with Gasteiger partial charge in [-0.25, -0.2) is 14.4 Å². The van der Waals surface area contributed by atoms with Crippen LogP contribution in [0.15, 0.2) is 91.5 Å². The van der Waals surface area contributed by atoms with Gasteiger partial charge in [0.15, 0.2) is 11.5 Å². The minimum atomic E-state index is -0.420. The number of pyridine rings is 3. The fourth-order valence-corrected chi connectivity index (χ4v) is 4.72. The molecule has 2 N–H and O–H groups in total. The molecular weight excluding hydrogens is 521 g/mol. The molecule has 0 spiro atoms. The number of rotatable bonds is 7. The molecule has 0 saturated carbocycles. The monoisotopic (exact) mass is 543 g/mol. The van der Waals surface area contributed by atoms with Crippen molar-refractivity contribution in [3.05, 3.63) is 103 Å². The molecule has 200 valence electrons. The molecule has 5 heterocycles. The van der Waals surface area contributed by atoms with Crippen LogP contribution in [0.1, 0.15) is 5.56 Å². The molecule has 0 aliphatic rings. The highest BCUT2D eigenvalue weighted by Crippen LogP contribution is 2.33. The first-order chi connectivity index (χ1) is 20.1. The predicted molar refractivity (Wildman–Crippen MR) is 153 cm³/mol. The maximum atomic E-state index is 14.3. The molecule has 9 nitrogen and oxygen atoms in total. The van der Waals surface area contributed by atoms with Crippen molar-refractivity contribution in [1.29, 1.82) is 0 Å². The van der Waals surface area contributed by atoms with Crippen molar-refractivity contribution >= 4 is 22.1 Å². The Hall–Kier alpha value is -5.64. The van der Waals surface area contributed by atoms with Gasteiger partial charge in [0.1, 0.15) is 35.1 Å². The van der Waals surface area contributed by atoms with E-state index >= 15 is 0 Å². The smallest absolute Gasteiger partial charge is 0.181 e. The molecule has 0 radical (unpaired) electrons. The minimum absolute atomic E-state index is 0.400. The van der Waals surface area contributed by atoms with E-state index in [1.165, 1.54) is 19.2 Å². The number of benzene rings is 2. The standard InChI is InChI=1S/C31H22FN7O2/c1-40-23-10-19(9-22(32)13-23)27-29-26(7-8-34-27)36-31(37-29)28-25-12-21(15-35-30(25)39-38-28)20-11-24(16-33-14-20)41-17-18-5-3-2-4-6-18/h2-16H,17H2,1H3,(H,36,37)(H,35,38,39). The third-order valence-corrected chi connectivity index (χ3v) is 6.72. The summed E-state index contributed by atoms with van der Waals surface area (Å²) in [6.45, 7) is 0.445. The third-order valence-electron chi connectivity index (χ3n) is 6.72. The second-order valence-electron chi connectivity index (χ2n) is 9.40. The quantitative estimate of drug-likeness (QED) is 0.241. The molecule has 0 aliphatic heterocycles. The SMILES string of the molecule is COc1cc(F)cc(-c2nccc3[nH]c(-c4[nH]nc5ncc(-c6cncc(OCc7ccccc7)c6)cc45)nc23)c1. The van der Waals surface area contributed by atoms with Gasteiger partial charge in [0, 0.05) is 41.3 Å². The molecule has 0 amide bonds. The van der Waals surface area contributed by atoms with E-state index in [2.05, 4.69) is 30.1 Å². The van der Waals surface area contributed by atoms with E-state index in [9.17, 15) is 4.39 Å².